The molecule has 0 aliphatic carbocycles. The third-order valence-electron chi connectivity index (χ3n) is 3.90. The molecule has 0 aliphatic heterocycles. The van der Waals surface area contributed by atoms with E-state index in [9.17, 15) is 4.79 Å². The lowest BCUT2D eigenvalue weighted by atomic mass is 10.2. The van der Waals surface area contributed by atoms with E-state index in [4.69, 9.17) is 0 Å². The average Bonchev–Trinajstić information content (AvgIpc) is 3.29. The van der Waals surface area contributed by atoms with Gasteiger partial charge in [-0.2, -0.15) is 0 Å². The zero-order valence-corrected chi connectivity index (χ0v) is 15.1. The highest BCUT2D eigenvalue weighted by molar-refractivity contribution is 7.22. The number of benzene rings is 2. The van der Waals surface area contributed by atoms with Crippen molar-refractivity contribution in [3.05, 3.63) is 82.6 Å². The van der Waals surface area contributed by atoms with E-state index in [-0.39, 0.29) is 5.91 Å². The summed E-state index contributed by atoms with van der Waals surface area (Å²) < 4.78 is 1.10. The Morgan fingerprint density at radius 2 is 1.76 bits per heavy atom. The number of hydrogen-bond donors (Lipinski definition) is 0. The third kappa shape index (κ3) is 3.62. The van der Waals surface area contributed by atoms with E-state index >= 15 is 0 Å². The van der Waals surface area contributed by atoms with E-state index in [1.807, 2.05) is 72.1 Å². The predicted molar refractivity (Wildman–Crippen MR) is 105 cm³/mol. The maximum Gasteiger partial charge on any atom is 0.234 e. The van der Waals surface area contributed by atoms with Crippen LogP contribution in [-0.2, 0) is 17.8 Å². The van der Waals surface area contributed by atoms with Gasteiger partial charge in [-0.1, -0.05) is 59.9 Å². The molecular weight excluding hydrogens is 348 g/mol. The molecule has 4 rings (SSSR count). The predicted octanol–water partition coefficient (Wildman–Crippen LogP) is 5.13. The zero-order chi connectivity index (χ0) is 17.1. The number of amides is 1. The van der Waals surface area contributed by atoms with Gasteiger partial charge in [-0.25, -0.2) is 4.98 Å². The molecule has 2 heterocycles. The monoisotopic (exact) mass is 364 g/mol. The van der Waals surface area contributed by atoms with E-state index in [2.05, 4.69) is 4.98 Å². The van der Waals surface area contributed by atoms with Gasteiger partial charge in [0, 0.05) is 4.88 Å². The Balaban J connectivity index is 1.68. The molecule has 0 atom stereocenters. The van der Waals surface area contributed by atoms with Crippen molar-refractivity contribution in [1.82, 2.24) is 4.98 Å². The number of carbonyl (C=O) groups is 1. The summed E-state index contributed by atoms with van der Waals surface area (Å²) in [6.07, 6.45) is 0.403. The standard InChI is InChI=1S/C20H16N2OS2/c23-19(13-16-9-6-12-24-16)22(14-15-7-2-1-3-8-15)20-21-17-10-4-5-11-18(17)25-20/h1-12H,13-14H2. The second kappa shape index (κ2) is 7.17. The van der Waals surface area contributed by atoms with Gasteiger partial charge in [-0.15, -0.1) is 11.3 Å². The first-order valence-electron chi connectivity index (χ1n) is 8.02. The lowest BCUT2D eigenvalue weighted by Gasteiger charge is -2.19. The number of anilines is 1. The second-order valence-corrected chi connectivity index (χ2v) is 7.73. The Hall–Kier alpha value is -2.50. The number of thiazole rings is 1. The van der Waals surface area contributed by atoms with Crippen LogP contribution >= 0.6 is 22.7 Å². The first kappa shape index (κ1) is 16.0. The molecule has 124 valence electrons. The molecule has 2 aromatic carbocycles. The lowest BCUT2D eigenvalue weighted by Crippen LogP contribution is -2.31. The fraction of sp³-hybridized carbons (Fsp3) is 0.100. The summed E-state index contributed by atoms with van der Waals surface area (Å²) in [5.74, 6) is 0.0744. The SMILES string of the molecule is O=C(Cc1cccs1)N(Cc1ccccc1)c1nc2ccccc2s1. The van der Waals surface area contributed by atoms with E-state index in [1.165, 1.54) is 0 Å². The van der Waals surface area contributed by atoms with E-state index in [0.29, 0.717) is 13.0 Å². The van der Waals surface area contributed by atoms with Crippen LogP contribution in [0.4, 0.5) is 5.13 Å². The van der Waals surface area contributed by atoms with Crippen molar-refractivity contribution in [3.8, 4) is 0 Å². The Kier molecular flexibility index (Phi) is 4.59. The Bertz CT molecular complexity index is 944. The van der Waals surface area contributed by atoms with Crippen molar-refractivity contribution in [3.63, 3.8) is 0 Å². The largest absolute Gasteiger partial charge is 0.283 e. The fourth-order valence-corrected chi connectivity index (χ4v) is 4.34. The van der Waals surface area contributed by atoms with Crippen molar-refractivity contribution in [2.45, 2.75) is 13.0 Å². The van der Waals surface area contributed by atoms with Crippen LogP contribution in [0.15, 0.2) is 72.1 Å². The first-order valence-corrected chi connectivity index (χ1v) is 9.71. The minimum absolute atomic E-state index is 0.0744. The van der Waals surface area contributed by atoms with Gasteiger partial charge in [-0.3, -0.25) is 9.69 Å². The normalized spacial score (nSPS) is 10.9. The fourth-order valence-electron chi connectivity index (χ4n) is 2.66. The lowest BCUT2D eigenvalue weighted by molar-refractivity contribution is -0.118. The van der Waals surface area contributed by atoms with Gasteiger partial charge in [0.05, 0.1) is 23.2 Å². The quantitative estimate of drug-likeness (QED) is 0.492. The summed E-state index contributed by atoms with van der Waals surface area (Å²) in [6, 6.07) is 22.0. The van der Waals surface area contributed by atoms with Gasteiger partial charge in [0.25, 0.3) is 0 Å². The van der Waals surface area contributed by atoms with Crippen LogP contribution in [0.3, 0.4) is 0 Å². The number of nitrogens with zero attached hydrogens (tertiary/aromatic N) is 2. The van der Waals surface area contributed by atoms with Crippen molar-refractivity contribution >= 4 is 43.9 Å². The van der Waals surface area contributed by atoms with Gasteiger partial charge >= 0.3 is 0 Å². The molecule has 1 amide bonds. The Labute approximate surface area is 154 Å². The maximum atomic E-state index is 13.0. The molecule has 0 saturated heterocycles. The van der Waals surface area contributed by atoms with Crippen molar-refractivity contribution in [1.29, 1.82) is 0 Å². The van der Waals surface area contributed by atoms with Crippen LogP contribution < -0.4 is 4.90 Å². The summed E-state index contributed by atoms with van der Waals surface area (Å²) in [4.78, 5) is 20.6. The van der Waals surface area contributed by atoms with Gasteiger partial charge in [-0.05, 0) is 29.1 Å². The minimum Gasteiger partial charge on any atom is -0.283 e. The average molecular weight is 364 g/mol. The molecule has 5 heteroatoms. The minimum atomic E-state index is 0.0744. The molecule has 0 fully saturated rings. The summed E-state index contributed by atoms with van der Waals surface area (Å²) in [7, 11) is 0. The molecule has 0 spiro atoms. The number of carbonyl (C=O) groups excluding carboxylic acids is 1. The molecule has 0 bridgehead atoms. The summed E-state index contributed by atoms with van der Waals surface area (Å²) >= 11 is 3.17. The topological polar surface area (TPSA) is 33.2 Å². The van der Waals surface area contributed by atoms with Crippen LogP contribution in [0.1, 0.15) is 10.4 Å². The molecular formula is C20H16N2OS2. The molecule has 0 radical (unpaired) electrons. The van der Waals surface area contributed by atoms with Gasteiger partial charge in [0.15, 0.2) is 5.13 Å². The summed E-state index contributed by atoms with van der Waals surface area (Å²) in [5, 5.41) is 2.76. The van der Waals surface area contributed by atoms with Crippen molar-refractivity contribution < 1.29 is 4.79 Å². The number of fused-ring (bicyclic) bond motifs is 1. The summed E-state index contributed by atoms with van der Waals surface area (Å²) in [5.41, 5.74) is 2.03. The van der Waals surface area contributed by atoms with Crippen LogP contribution in [0.2, 0.25) is 0 Å². The molecule has 4 aromatic rings. The van der Waals surface area contributed by atoms with Crippen molar-refractivity contribution in [2.24, 2.45) is 0 Å². The maximum absolute atomic E-state index is 13.0. The smallest absolute Gasteiger partial charge is 0.234 e. The number of hydrogen-bond acceptors (Lipinski definition) is 4. The number of thiophene rings is 1. The molecule has 0 aliphatic rings. The van der Waals surface area contributed by atoms with E-state index < -0.39 is 0 Å². The Morgan fingerprint density at radius 1 is 0.960 bits per heavy atom. The number of rotatable bonds is 5. The second-order valence-electron chi connectivity index (χ2n) is 5.69. The van der Waals surface area contributed by atoms with Crippen LogP contribution in [0, 0.1) is 0 Å². The summed E-state index contributed by atoms with van der Waals surface area (Å²) in [6.45, 7) is 0.533. The van der Waals surface area contributed by atoms with Gasteiger partial charge < -0.3 is 0 Å². The van der Waals surface area contributed by atoms with Gasteiger partial charge in [0.1, 0.15) is 0 Å². The number of para-hydroxylation sites is 1. The highest BCUT2D eigenvalue weighted by atomic mass is 32.1. The molecule has 2 aromatic heterocycles. The molecule has 0 N–H and O–H groups in total. The first-order chi connectivity index (χ1) is 12.3. The van der Waals surface area contributed by atoms with E-state index in [1.54, 1.807) is 27.6 Å². The highest BCUT2D eigenvalue weighted by Crippen LogP contribution is 2.30. The molecule has 3 nitrogen and oxygen atoms in total. The third-order valence-corrected chi connectivity index (χ3v) is 5.84. The van der Waals surface area contributed by atoms with Crippen molar-refractivity contribution in [2.75, 3.05) is 4.90 Å². The molecule has 0 unspecified atom stereocenters. The van der Waals surface area contributed by atoms with E-state index in [0.717, 1.165) is 25.8 Å². The zero-order valence-electron chi connectivity index (χ0n) is 13.5. The number of aromatic nitrogens is 1. The Morgan fingerprint density at radius 3 is 2.52 bits per heavy atom. The van der Waals surface area contributed by atoms with Crippen LogP contribution in [0.5, 0.6) is 0 Å². The molecule has 0 saturated carbocycles. The van der Waals surface area contributed by atoms with Crippen LogP contribution in [-0.4, -0.2) is 10.9 Å². The van der Waals surface area contributed by atoms with Gasteiger partial charge in [0.2, 0.25) is 5.91 Å². The van der Waals surface area contributed by atoms with Crippen LogP contribution in [0.25, 0.3) is 10.2 Å². The molecule has 25 heavy (non-hydrogen) atoms. The highest BCUT2D eigenvalue weighted by Gasteiger charge is 2.20.